The summed E-state index contributed by atoms with van der Waals surface area (Å²) in [5.41, 5.74) is 6.70. The maximum absolute atomic E-state index is 13.2. The lowest BCUT2D eigenvalue weighted by Crippen LogP contribution is -2.44. The van der Waals surface area contributed by atoms with Crippen molar-refractivity contribution in [3.63, 3.8) is 0 Å². The maximum atomic E-state index is 13.2. The summed E-state index contributed by atoms with van der Waals surface area (Å²) in [7, 11) is 0. The molecule has 0 fully saturated rings. The molecule has 0 saturated carbocycles. The maximum Gasteiger partial charge on any atom is 0.125 e. The molecule has 3 heteroatoms. The average Bonchev–Trinajstić information content (AvgIpc) is 2.25. The van der Waals surface area contributed by atoms with Gasteiger partial charge in [-0.15, -0.1) is 0 Å². The number of anilines is 1. The third kappa shape index (κ3) is 2.95. The number of likely N-dealkylation sites (N-methyl/N-ethyl adjacent to an activating group) is 1. The molecule has 2 nitrogen and oxygen atoms in total. The second-order valence-electron chi connectivity index (χ2n) is 4.31. The van der Waals surface area contributed by atoms with Gasteiger partial charge in [0.25, 0.3) is 0 Å². The number of nitrogens with two attached hydrogens (primary N) is 1. The highest BCUT2D eigenvalue weighted by Gasteiger charge is 2.19. The van der Waals surface area contributed by atoms with Gasteiger partial charge in [0.2, 0.25) is 0 Å². The summed E-state index contributed by atoms with van der Waals surface area (Å²) in [6.45, 7) is 7.76. The third-order valence-corrected chi connectivity index (χ3v) is 2.89. The van der Waals surface area contributed by atoms with Gasteiger partial charge in [-0.25, -0.2) is 4.39 Å². The van der Waals surface area contributed by atoms with Crippen molar-refractivity contribution in [1.29, 1.82) is 0 Å². The lowest BCUT2D eigenvalue weighted by molar-refractivity contribution is 0.464. The molecule has 1 atom stereocenters. The molecule has 1 aromatic carbocycles. The SMILES string of the molecule is CCN(c1cccc(F)c1)C(CN)C(C)C. The van der Waals surface area contributed by atoms with Gasteiger partial charge < -0.3 is 10.6 Å². The molecule has 0 amide bonds. The minimum atomic E-state index is -0.199. The van der Waals surface area contributed by atoms with Crippen molar-refractivity contribution >= 4 is 5.69 Å². The Labute approximate surface area is 97.3 Å². The Hall–Kier alpha value is -1.09. The van der Waals surface area contributed by atoms with E-state index in [-0.39, 0.29) is 11.9 Å². The predicted octanol–water partition coefficient (Wildman–Crippen LogP) is 2.64. The van der Waals surface area contributed by atoms with Gasteiger partial charge in [0.15, 0.2) is 0 Å². The van der Waals surface area contributed by atoms with Gasteiger partial charge in [0.05, 0.1) is 0 Å². The molecule has 0 aromatic heterocycles. The Morgan fingerprint density at radius 3 is 2.50 bits per heavy atom. The summed E-state index contributed by atoms with van der Waals surface area (Å²) >= 11 is 0. The van der Waals surface area contributed by atoms with Crippen molar-refractivity contribution in [3.8, 4) is 0 Å². The fourth-order valence-electron chi connectivity index (χ4n) is 2.02. The Morgan fingerprint density at radius 2 is 2.06 bits per heavy atom. The first-order chi connectivity index (χ1) is 7.60. The number of rotatable bonds is 5. The predicted molar refractivity (Wildman–Crippen MR) is 67.1 cm³/mol. The molecule has 1 unspecified atom stereocenters. The first-order valence-corrected chi connectivity index (χ1v) is 5.82. The first-order valence-electron chi connectivity index (χ1n) is 5.82. The number of halogens is 1. The van der Waals surface area contributed by atoms with E-state index in [1.807, 2.05) is 6.07 Å². The van der Waals surface area contributed by atoms with Crippen molar-refractivity contribution in [2.75, 3.05) is 18.0 Å². The van der Waals surface area contributed by atoms with Crippen LogP contribution >= 0.6 is 0 Å². The molecule has 0 bridgehead atoms. The van der Waals surface area contributed by atoms with Crippen LogP contribution in [0.2, 0.25) is 0 Å². The zero-order chi connectivity index (χ0) is 12.1. The molecule has 0 radical (unpaired) electrons. The monoisotopic (exact) mass is 224 g/mol. The van der Waals surface area contributed by atoms with Crippen LogP contribution in [0.15, 0.2) is 24.3 Å². The minimum Gasteiger partial charge on any atom is -0.367 e. The molecule has 1 rings (SSSR count). The zero-order valence-corrected chi connectivity index (χ0v) is 10.3. The van der Waals surface area contributed by atoms with Crippen LogP contribution in [-0.4, -0.2) is 19.1 Å². The molecule has 90 valence electrons. The van der Waals surface area contributed by atoms with E-state index in [1.54, 1.807) is 12.1 Å². The van der Waals surface area contributed by atoms with Gasteiger partial charge in [0, 0.05) is 24.8 Å². The Balaban J connectivity index is 2.96. The van der Waals surface area contributed by atoms with Crippen LogP contribution in [-0.2, 0) is 0 Å². The lowest BCUT2D eigenvalue weighted by atomic mass is 10.0. The van der Waals surface area contributed by atoms with E-state index in [0.29, 0.717) is 12.5 Å². The van der Waals surface area contributed by atoms with E-state index < -0.39 is 0 Å². The fraction of sp³-hybridized carbons (Fsp3) is 0.538. The molecule has 0 spiro atoms. The molecule has 0 aliphatic carbocycles. The standard InChI is InChI=1S/C13H21FN2/c1-4-16(13(9-15)10(2)3)12-7-5-6-11(14)8-12/h5-8,10,13H,4,9,15H2,1-3H3. The van der Waals surface area contributed by atoms with E-state index in [2.05, 4.69) is 25.7 Å². The molecular formula is C13H21FN2. The highest BCUT2D eigenvalue weighted by molar-refractivity contribution is 5.47. The van der Waals surface area contributed by atoms with Crippen LogP contribution in [0, 0.1) is 11.7 Å². The third-order valence-electron chi connectivity index (χ3n) is 2.89. The minimum absolute atomic E-state index is 0.199. The number of nitrogens with zero attached hydrogens (tertiary/aromatic N) is 1. The zero-order valence-electron chi connectivity index (χ0n) is 10.3. The fourth-order valence-corrected chi connectivity index (χ4v) is 2.02. The second kappa shape index (κ2) is 5.85. The van der Waals surface area contributed by atoms with Gasteiger partial charge in [-0.1, -0.05) is 19.9 Å². The molecule has 2 N–H and O–H groups in total. The lowest BCUT2D eigenvalue weighted by Gasteiger charge is -2.34. The molecular weight excluding hydrogens is 203 g/mol. The number of benzene rings is 1. The highest BCUT2D eigenvalue weighted by atomic mass is 19.1. The van der Waals surface area contributed by atoms with E-state index in [9.17, 15) is 4.39 Å². The van der Waals surface area contributed by atoms with Gasteiger partial charge in [0.1, 0.15) is 5.82 Å². The van der Waals surface area contributed by atoms with E-state index >= 15 is 0 Å². The van der Waals surface area contributed by atoms with Crippen molar-refractivity contribution in [2.45, 2.75) is 26.8 Å². The number of hydrogen-bond acceptors (Lipinski definition) is 2. The van der Waals surface area contributed by atoms with E-state index in [0.717, 1.165) is 12.2 Å². The quantitative estimate of drug-likeness (QED) is 0.833. The smallest absolute Gasteiger partial charge is 0.125 e. The summed E-state index contributed by atoms with van der Waals surface area (Å²) in [4.78, 5) is 2.16. The van der Waals surface area contributed by atoms with E-state index in [4.69, 9.17) is 5.73 Å². The summed E-state index contributed by atoms with van der Waals surface area (Å²) in [5.74, 6) is 0.253. The van der Waals surface area contributed by atoms with Gasteiger partial charge >= 0.3 is 0 Å². The topological polar surface area (TPSA) is 29.3 Å². The Bertz CT molecular complexity index is 325. The van der Waals surface area contributed by atoms with Crippen LogP contribution in [0.5, 0.6) is 0 Å². The van der Waals surface area contributed by atoms with Crippen LogP contribution < -0.4 is 10.6 Å². The van der Waals surface area contributed by atoms with Crippen molar-refractivity contribution in [2.24, 2.45) is 11.7 Å². The molecule has 0 saturated heterocycles. The Morgan fingerprint density at radius 1 is 1.38 bits per heavy atom. The molecule has 0 aliphatic heterocycles. The van der Waals surface area contributed by atoms with E-state index in [1.165, 1.54) is 6.07 Å². The number of hydrogen-bond donors (Lipinski definition) is 1. The molecule has 0 aliphatic rings. The molecule has 0 heterocycles. The summed E-state index contributed by atoms with van der Waals surface area (Å²) < 4.78 is 13.2. The van der Waals surface area contributed by atoms with Crippen molar-refractivity contribution in [1.82, 2.24) is 0 Å². The highest BCUT2D eigenvalue weighted by Crippen LogP contribution is 2.21. The van der Waals surface area contributed by atoms with Crippen LogP contribution in [0.1, 0.15) is 20.8 Å². The summed E-state index contributed by atoms with van der Waals surface area (Å²) in [5, 5.41) is 0. The molecule has 1 aromatic rings. The first kappa shape index (κ1) is 13.0. The summed E-state index contributed by atoms with van der Waals surface area (Å²) in [6, 6.07) is 6.95. The van der Waals surface area contributed by atoms with Gasteiger partial charge in [-0.2, -0.15) is 0 Å². The van der Waals surface area contributed by atoms with Crippen LogP contribution in [0.3, 0.4) is 0 Å². The van der Waals surface area contributed by atoms with Crippen LogP contribution in [0.25, 0.3) is 0 Å². The van der Waals surface area contributed by atoms with Gasteiger partial charge in [-0.3, -0.25) is 0 Å². The summed E-state index contributed by atoms with van der Waals surface area (Å²) in [6.07, 6.45) is 0. The largest absolute Gasteiger partial charge is 0.367 e. The second-order valence-corrected chi connectivity index (χ2v) is 4.31. The average molecular weight is 224 g/mol. The normalized spacial score (nSPS) is 12.9. The molecule has 16 heavy (non-hydrogen) atoms. The van der Waals surface area contributed by atoms with Crippen molar-refractivity contribution in [3.05, 3.63) is 30.1 Å². The Kier molecular flexibility index (Phi) is 4.74. The van der Waals surface area contributed by atoms with Crippen molar-refractivity contribution < 1.29 is 4.39 Å². The van der Waals surface area contributed by atoms with Gasteiger partial charge in [-0.05, 0) is 31.0 Å². The van der Waals surface area contributed by atoms with Crippen LogP contribution in [0.4, 0.5) is 10.1 Å².